The Balaban J connectivity index is 2.56. The molecule has 0 aliphatic carbocycles. The Morgan fingerprint density at radius 3 is 2.80 bits per heavy atom. The van der Waals surface area contributed by atoms with Crippen LogP contribution in [0, 0.1) is 0 Å². The van der Waals surface area contributed by atoms with E-state index in [1.54, 1.807) is 6.26 Å². The number of furan rings is 1. The van der Waals surface area contributed by atoms with Crippen molar-refractivity contribution in [3.8, 4) is 0 Å². The molecule has 0 saturated heterocycles. The zero-order valence-electron chi connectivity index (χ0n) is 9.49. The van der Waals surface area contributed by atoms with Gasteiger partial charge in [-0.15, -0.1) is 0 Å². The van der Waals surface area contributed by atoms with E-state index in [1.807, 2.05) is 38.1 Å². The highest BCUT2D eigenvalue weighted by molar-refractivity contribution is 5.75. The van der Waals surface area contributed by atoms with Crippen LogP contribution in [0.3, 0.4) is 0 Å². The molecule has 1 N–H and O–H groups in total. The summed E-state index contributed by atoms with van der Waals surface area (Å²) in [6, 6.07) is 3.87. The Kier molecular flexibility index (Phi) is 4.37. The quantitative estimate of drug-likeness (QED) is 0.799. The van der Waals surface area contributed by atoms with Gasteiger partial charge in [0.1, 0.15) is 5.76 Å². The van der Waals surface area contributed by atoms with Gasteiger partial charge in [-0.2, -0.15) is 0 Å². The Hall–Kier alpha value is -1.29. The van der Waals surface area contributed by atoms with Crippen molar-refractivity contribution in [3.63, 3.8) is 0 Å². The maximum Gasteiger partial charge on any atom is 0.219 e. The fourth-order valence-corrected chi connectivity index (χ4v) is 1.35. The third-order valence-electron chi connectivity index (χ3n) is 2.31. The van der Waals surface area contributed by atoms with Crippen molar-refractivity contribution >= 4 is 5.91 Å². The lowest BCUT2D eigenvalue weighted by molar-refractivity contribution is -0.121. The molecule has 1 heterocycles. The first-order valence-electron chi connectivity index (χ1n) is 5.11. The molecule has 1 atom stereocenters. The second-order valence-electron chi connectivity index (χ2n) is 3.65. The minimum atomic E-state index is 0.0633. The smallest absolute Gasteiger partial charge is 0.219 e. The molecule has 4 heteroatoms. The normalized spacial score (nSPS) is 12.8. The lowest BCUT2D eigenvalue weighted by Gasteiger charge is -2.22. The highest BCUT2D eigenvalue weighted by Gasteiger charge is 2.17. The number of carbonyl (C=O) groups is 1. The predicted octanol–water partition coefficient (Wildman–Crippen LogP) is 1.41. The fraction of sp³-hybridized carbons (Fsp3) is 0.545. The van der Waals surface area contributed by atoms with Gasteiger partial charge in [0.2, 0.25) is 5.91 Å². The summed E-state index contributed by atoms with van der Waals surface area (Å²) in [6.45, 7) is 2.42. The Morgan fingerprint density at radius 1 is 1.60 bits per heavy atom. The van der Waals surface area contributed by atoms with E-state index in [9.17, 15) is 4.79 Å². The van der Waals surface area contributed by atoms with Gasteiger partial charge in [0.15, 0.2) is 0 Å². The number of hydrogen-bond donors (Lipinski definition) is 1. The summed E-state index contributed by atoms with van der Waals surface area (Å²) in [5.41, 5.74) is 0. The molecule has 0 bridgehead atoms. The molecule has 0 aliphatic heterocycles. The van der Waals surface area contributed by atoms with E-state index in [1.165, 1.54) is 0 Å². The van der Waals surface area contributed by atoms with Gasteiger partial charge in [0.25, 0.3) is 0 Å². The summed E-state index contributed by atoms with van der Waals surface area (Å²) in [5, 5.41) is 2.86. The fourth-order valence-electron chi connectivity index (χ4n) is 1.35. The minimum Gasteiger partial charge on any atom is -0.468 e. The van der Waals surface area contributed by atoms with Crippen LogP contribution in [0.2, 0.25) is 0 Å². The minimum absolute atomic E-state index is 0.0633. The molecule has 15 heavy (non-hydrogen) atoms. The monoisotopic (exact) mass is 210 g/mol. The molecule has 1 amide bonds. The predicted molar refractivity (Wildman–Crippen MR) is 58.4 cm³/mol. The molecule has 0 aromatic carbocycles. The SMILES string of the molecule is CCC(=O)NCC(c1ccco1)N(C)C. The van der Waals surface area contributed by atoms with Crippen molar-refractivity contribution in [2.24, 2.45) is 0 Å². The van der Waals surface area contributed by atoms with Crippen LogP contribution in [-0.4, -0.2) is 31.4 Å². The molecule has 1 aromatic heterocycles. The molecule has 1 aromatic rings. The Bertz CT molecular complexity index is 294. The van der Waals surface area contributed by atoms with Crippen molar-refractivity contribution in [1.29, 1.82) is 0 Å². The van der Waals surface area contributed by atoms with E-state index in [-0.39, 0.29) is 11.9 Å². The molecule has 0 spiro atoms. The van der Waals surface area contributed by atoms with Crippen molar-refractivity contribution < 1.29 is 9.21 Å². The maximum atomic E-state index is 11.1. The summed E-state index contributed by atoms with van der Waals surface area (Å²) in [7, 11) is 3.93. The third-order valence-corrected chi connectivity index (χ3v) is 2.31. The van der Waals surface area contributed by atoms with E-state index in [4.69, 9.17) is 4.42 Å². The number of hydrogen-bond acceptors (Lipinski definition) is 3. The summed E-state index contributed by atoms with van der Waals surface area (Å²) in [4.78, 5) is 13.2. The molecule has 4 nitrogen and oxygen atoms in total. The average Bonchev–Trinajstić information content (AvgIpc) is 2.70. The van der Waals surface area contributed by atoms with Gasteiger partial charge in [-0.05, 0) is 26.2 Å². The van der Waals surface area contributed by atoms with Crippen LogP contribution in [0.5, 0.6) is 0 Å². The van der Waals surface area contributed by atoms with Crippen LogP contribution in [0.4, 0.5) is 0 Å². The van der Waals surface area contributed by atoms with Crippen molar-refractivity contribution in [1.82, 2.24) is 10.2 Å². The molecule has 0 aliphatic rings. The van der Waals surface area contributed by atoms with Crippen LogP contribution in [0.25, 0.3) is 0 Å². The first-order valence-corrected chi connectivity index (χ1v) is 5.11. The van der Waals surface area contributed by atoms with Crippen molar-refractivity contribution in [2.45, 2.75) is 19.4 Å². The Morgan fingerprint density at radius 2 is 2.33 bits per heavy atom. The number of nitrogens with zero attached hydrogens (tertiary/aromatic N) is 1. The van der Waals surface area contributed by atoms with Gasteiger partial charge in [0, 0.05) is 13.0 Å². The molecular formula is C11H18N2O2. The van der Waals surface area contributed by atoms with Gasteiger partial charge in [-0.25, -0.2) is 0 Å². The van der Waals surface area contributed by atoms with Gasteiger partial charge in [0.05, 0.1) is 12.3 Å². The molecule has 0 saturated carbocycles. The summed E-state index contributed by atoms with van der Waals surface area (Å²) in [6.07, 6.45) is 2.16. The topological polar surface area (TPSA) is 45.5 Å². The highest BCUT2D eigenvalue weighted by atomic mass is 16.3. The average molecular weight is 210 g/mol. The maximum absolute atomic E-state index is 11.1. The van der Waals surface area contributed by atoms with Crippen LogP contribution >= 0.6 is 0 Å². The molecular weight excluding hydrogens is 192 g/mol. The lowest BCUT2D eigenvalue weighted by atomic mass is 10.2. The van der Waals surface area contributed by atoms with Crippen LogP contribution < -0.4 is 5.32 Å². The second-order valence-corrected chi connectivity index (χ2v) is 3.65. The zero-order valence-corrected chi connectivity index (χ0v) is 9.49. The lowest BCUT2D eigenvalue weighted by Crippen LogP contribution is -2.33. The van der Waals surface area contributed by atoms with E-state index >= 15 is 0 Å². The Labute approximate surface area is 90.3 Å². The number of nitrogens with one attached hydrogen (secondary N) is 1. The second kappa shape index (κ2) is 5.56. The molecule has 0 radical (unpaired) electrons. The number of amides is 1. The standard InChI is InChI=1S/C11H18N2O2/c1-4-11(14)12-8-9(13(2)3)10-6-5-7-15-10/h5-7,9H,4,8H2,1-3H3,(H,12,14). The molecule has 1 rings (SSSR count). The van der Waals surface area contributed by atoms with E-state index in [2.05, 4.69) is 5.32 Å². The number of rotatable bonds is 5. The van der Waals surface area contributed by atoms with E-state index in [0.29, 0.717) is 13.0 Å². The first-order chi connectivity index (χ1) is 7.15. The molecule has 1 unspecified atom stereocenters. The highest BCUT2D eigenvalue weighted by Crippen LogP contribution is 2.17. The van der Waals surface area contributed by atoms with Gasteiger partial charge in [-0.1, -0.05) is 6.92 Å². The largest absolute Gasteiger partial charge is 0.468 e. The number of carbonyl (C=O) groups excluding carboxylic acids is 1. The van der Waals surface area contributed by atoms with Gasteiger partial charge < -0.3 is 9.73 Å². The van der Waals surface area contributed by atoms with Gasteiger partial charge in [-0.3, -0.25) is 9.69 Å². The van der Waals surface area contributed by atoms with Crippen LogP contribution in [0.15, 0.2) is 22.8 Å². The zero-order chi connectivity index (χ0) is 11.3. The van der Waals surface area contributed by atoms with Crippen molar-refractivity contribution in [2.75, 3.05) is 20.6 Å². The van der Waals surface area contributed by atoms with E-state index in [0.717, 1.165) is 5.76 Å². The first kappa shape index (κ1) is 11.8. The third kappa shape index (κ3) is 3.40. The summed E-state index contributed by atoms with van der Waals surface area (Å²) < 4.78 is 5.33. The van der Waals surface area contributed by atoms with E-state index < -0.39 is 0 Å². The molecule has 0 fully saturated rings. The van der Waals surface area contributed by atoms with Crippen LogP contribution in [-0.2, 0) is 4.79 Å². The summed E-state index contributed by atoms with van der Waals surface area (Å²) >= 11 is 0. The number of likely N-dealkylation sites (N-methyl/N-ethyl adjacent to an activating group) is 1. The van der Waals surface area contributed by atoms with Crippen molar-refractivity contribution in [3.05, 3.63) is 24.2 Å². The van der Waals surface area contributed by atoms with Gasteiger partial charge >= 0.3 is 0 Å². The van der Waals surface area contributed by atoms with Crippen LogP contribution in [0.1, 0.15) is 25.1 Å². The molecule has 84 valence electrons. The summed E-state index contributed by atoms with van der Waals surface area (Å²) in [5.74, 6) is 0.935.